The zero-order valence-corrected chi connectivity index (χ0v) is 14.5. The molecule has 1 aromatic heterocycles. The highest BCUT2D eigenvalue weighted by Crippen LogP contribution is 2.13. The lowest BCUT2D eigenvalue weighted by Gasteiger charge is -2.13. The molecule has 0 spiro atoms. The van der Waals surface area contributed by atoms with E-state index < -0.39 is 29.6 Å². The number of esters is 1. The lowest BCUT2D eigenvalue weighted by molar-refractivity contribution is -0.153. The molecule has 1 amide bonds. The first-order valence-electron chi connectivity index (χ1n) is 8.28. The number of anilines is 1. The van der Waals surface area contributed by atoms with Crippen LogP contribution in [0.4, 0.5) is 10.1 Å². The third-order valence-corrected chi connectivity index (χ3v) is 3.88. The summed E-state index contributed by atoms with van der Waals surface area (Å²) < 4.78 is 24.6. The van der Waals surface area contributed by atoms with Gasteiger partial charge in [-0.2, -0.15) is 0 Å². The lowest BCUT2D eigenvalue weighted by Crippen LogP contribution is -2.30. The van der Waals surface area contributed by atoms with Crippen LogP contribution in [-0.2, 0) is 20.9 Å². The van der Waals surface area contributed by atoms with Gasteiger partial charge in [-0.05, 0) is 37.3 Å². The van der Waals surface area contributed by atoms with Crippen molar-refractivity contribution in [2.24, 2.45) is 0 Å². The molecule has 1 N–H and O–H groups in total. The van der Waals surface area contributed by atoms with E-state index in [0.717, 1.165) is 6.07 Å². The molecule has 0 aliphatic heterocycles. The Morgan fingerprint density at radius 3 is 2.78 bits per heavy atom. The van der Waals surface area contributed by atoms with Crippen molar-refractivity contribution in [2.45, 2.75) is 26.0 Å². The number of nitrogens with zero attached hydrogens (tertiary/aromatic N) is 1. The summed E-state index contributed by atoms with van der Waals surface area (Å²) in [6, 6.07) is 12.2. The number of halogens is 1. The summed E-state index contributed by atoms with van der Waals surface area (Å²) in [5, 5.41) is 2.46. The van der Waals surface area contributed by atoms with Crippen LogP contribution in [0.25, 0.3) is 11.1 Å². The van der Waals surface area contributed by atoms with E-state index in [9.17, 15) is 18.8 Å². The molecule has 0 aliphatic carbocycles. The highest BCUT2D eigenvalue weighted by molar-refractivity contribution is 5.95. The molecule has 1 heterocycles. The average molecular weight is 372 g/mol. The van der Waals surface area contributed by atoms with Gasteiger partial charge in [0.25, 0.3) is 5.91 Å². The zero-order chi connectivity index (χ0) is 19.4. The Hall–Kier alpha value is -3.42. The van der Waals surface area contributed by atoms with Crippen molar-refractivity contribution in [1.29, 1.82) is 0 Å². The second kappa shape index (κ2) is 7.86. The Balaban J connectivity index is 1.56. The monoisotopic (exact) mass is 372 g/mol. The molecule has 0 fully saturated rings. The van der Waals surface area contributed by atoms with Gasteiger partial charge in [0.15, 0.2) is 11.7 Å². The summed E-state index contributed by atoms with van der Waals surface area (Å²) in [6.07, 6.45) is -1.18. The van der Waals surface area contributed by atoms with Crippen LogP contribution in [0.1, 0.15) is 13.3 Å². The highest BCUT2D eigenvalue weighted by Gasteiger charge is 2.19. The highest BCUT2D eigenvalue weighted by atomic mass is 19.1. The summed E-state index contributed by atoms with van der Waals surface area (Å²) in [5.74, 6) is -2.29. The summed E-state index contributed by atoms with van der Waals surface area (Å²) in [7, 11) is 0. The van der Waals surface area contributed by atoms with E-state index in [-0.39, 0.29) is 18.7 Å². The van der Waals surface area contributed by atoms with Crippen molar-refractivity contribution >= 4 is 28.7 Å². The van der Waals surface area contributed by atoms with E-state index in [4.69, 9.17) is 9.15 Å². The summed E-state index contributed by atoms with van der Waals surface area (Å²) in [4.78, 5) is 35.9. The fourth-order valence-electron chi connectivity index (χ4n) is 2.55. The van der Waals surface area contributed by atoms with Gasteiger partial charge in [0, 0.05) is 12.2 Å². The maximum absolute atomic E-state index is 13.1. The Labute approximate surface area is 153 Å². The van der Waals surface area contributed by atoms with Gasteiger partial charge in [0.2, 0.25) is 0 Å². The van der Waals surface area contributed by atoms with E-state index in [1.807, 2.05) is 0 Å². The summed E-state index contributed by atoms with van der Waals surface area (Å²) in [5.41, 5.74) is 1.27. The van der Waals surface area contributed by atoms with E-state index in [2.05, 4.69) is 5.32 Å². The number of amides is 1. The minimum Gasteiger partial charge on any atom is -0.452 e. The zero-order valence-electron chi connectivity index (χ0n) is 14.5. The number of nitrogens with one attached hydrogen (secondary N) is 1. The normalized spacial score (nSPS) is 11.9. The number of hydrogen-bond acceptors (Lipinski definition) is 5. The number of aromatic nitrogens is 1. The number of ether oxygens (including phenoxy) is 1. The quantitative estimate of drug-likeness (QED) is 0.672. The van der Waals surface area contributed by atoms with Crippen LogP contribution in [0.2, 0.25) is 0 Å². The molecule has 1 unspecified atom stereocenters. The molecule has 140 valence electrons. The predicted octanol–water partition coefficient (Wildman–Crippen LogP) is 2.69. The molecule has 0 radical (unpaired) electrons. The second-order valence-corrected chi connectivity index (χ2v) is 5.87. The van der Waals surface area contributed by atoms with Crippen molar-refractivity contribution in [1.82, 2.24) is 4.57 Å². The first-order valence-corrected chi connectivity index (χ1v) is 8.28. The van der Waals surface area contributed by atoms with Crippen LogP contribution in [0.5, 0.6) is 0 Å². The number of carbonyl (C=O) groups is 2. The SMILES string of the molecule is CC(OC(=O)CCn1c(=O)oc2ccccc21)C(=O)Nc1cccc(F)c1. The summed E-state index contributed by atoms with van der Waals surface area (Å²) >= 11 is 0. The van der Waals surface area contributed by atoms with Crippen LogP contribution >= 0.6 is 0 Å². The Morgan fingerprint density at radius 1 is 1.22 bits per heavy atom. The van der Waals surface area contributed by atoms with Crippen molar-refractivity contribution in [3.05, 3.63) is 64.9 Å². The molecule has 3 rings (SSSR count). The van der Waals surface area contributed by atoms with Gasteiger partial charge in [0.05, 0.1) is 11.9 Å². The molecule has 27 heavy (non-hydrogen) atoms. The number of oxazole rings is 1. The average Bonchev–Trinajstić information content (AvgIpc) is 2.95. The molecular formula is C19H17FN2O5. The number of hydrogen-bond donors (Lipinski definition) is 1. The van der Waals surface area contributed by atoms with Crippen molar-refractivity contribution in [3.63, 3.8) is 0 Å². The van der Waals surface area contributed by atoms with Gasteiger partial charge in [0.1, 0.15) is 5.82 Å². The molecule has 0 aliphatic rings. The van der Waals surface area contributed by atoms with E-state index in [1.54, 1.807) is 24.3 Å². The van der Waals surface area contributed by atoms with E-state index in [0.29, 0.717) is 11.1 Å². The van der Waals surface area contributed by atoms with Crippen LogP contribution in [0.15, 0.2) is 57.7 Å². The number of fused-ring (bicyclic) bond motifs is 1. The third kappa shape index (κ3) is 4.41. The Bertz CT molecular complexity index is 1040. The predicted molar refractivity (Wildman–Crippen MR) is 95.7 cm³/mol. The maximum Gasteiger partial charge on any atom is 0.419 e. The Kier molecular flexibility index (Phi) is 5.35. The number of benzene rings is 2. The maximum atomic E-state index is 13.1. The molecular weight excluding hydrogens is 355 g/mol. The van der Waals surface area contributed by atoms with Crippen LogP contribution in [0, 0.1) is 5.82 Å². The number of aryl methyl sites for hydroxylation is 1. The van der Waals surface area contributed by atoms with Gasteiger partial charge in [-0.15, -0.1) is 0 Å². The first kappa shape index (κ1) is 18.4. The molecule has 0 bridgehead atoms. The molecule has 0 saturated carbocycles. The minimum atomic E-state index is -1.07. The Morgan fingerprint density at radius 2 is 2.00 bits per heavy atom. The number of carbonyl (C=O) groups excluding carboxylic acids is 2. The van der Waals surface area contributed by atoms with Gasteiger partial charge in [-0.25, -0.2) is 9.18 Å². The largest absolute Gasteiger partial charge is 0.452 e. The number of para-hydroxylation sites is 2. The van der Waals surface area contributed by atoms with Crippen LogP contribution in [-0.4, -0.2) is 22.5 Å². The van der Waals surface area contributed by atoms with Gasteiger partial charge < -0.3 is 14.5 Å². The molecule has 3 aromatic rings. The molecule has 1 atom stereocenters. The topological polar surface area (TPSA) is 90.5 Å². The fourth-order valence-corrected chi connectivity index (χ4v) is 2.55. The van der Waals surface area contributed by atoms with Crippen LogP contribution < -0.4 is 11.1 Å². The van der Waals surface area contributed by atoms with E-state index in [1.165, 1.54) is 29.7 Å². The first-order chi connectivity index (χ1) is 12.9. The fraction of sp³-hybridized carbons (Fsp3) is 0.211. The standard InChI is InChI=1S/C19H17FN2O5/c1-12(18(24)21-14-6-4-5-13(20)11-14)26-17(23)9-10-22-15-7-2-3-8-16(15)27-19(22)25/h2-8,11-12H,9-10H2,1H3,(H,21,24). The van der Waals surface area contributed by atoms with Crippen LogP contribution in [0.3, 0.4) is 0 Å². The van der Waals surface area contributed by atoms with Gasteiger partial charge in [-0.3, -0.25) is 14.2 Å². The lowest BCUT2D eigenvalue weighted by atomic mass is 10.3. The number of rotatable bonds is 6. The van der Waals surface area contributed by atoms with Gasteiger partial charge >= 0.3 is 11.7 Å². The molecule has 2 aromatic carbocycles. The van der Waals surface area contributed by atoms with Crippen molar-refractivity contribution in [3.8, 4) is 0 Å². The van der Waals surface area contributed by atoms with Gasteiger partial charge in [-0.1, -0.05) is 18.2 Å². The summed E-state index contributed by atoms with van der Waals surface area (Å²) in [6.45, 7) is 1.47. The third-order valence-electron chi connectivity index (χ3n) is 3.88. The molecule has 0 saturated heterocycles. The van der Waals surface area contributed by atoms with Crippen molar-refractivity contribution < 1.29 is 23.1 Å². The minimum absolute atomic E-state index is 0.0624. The second-order valence-electron chi connectivity index (χ2n) is 5.87. The molecule has 7 nitrogen and oxygen atoms in total. The molecule has 8 heteroatoms. The van der Waals surface area contributed by atoms with Crippen molar-refractivity contribution in [2.75, 3.05) is 5.32 Å². The van der Waals surface area contributed by atoms with E-state index >= 15 is 0 Å². The smallest absolute Gasteiger partial charge is 0.419 e.